The molecule has 0 spiro atoms. The molecule has 1 saturated heterocycles. The summed E-state index contributed by atoms with van der Waals surface area (Å²) < 4.78 is 22.2. The quantitative estimate of drug-likeness (QED) is 0.645. The molecule has 1 aliphatic heterocycles. The molecule has 2 N–H and O–H groups in total. The SMILES string of the molecule is NC1(C2CCS(=O)(=O)CC2)CC1. The summed E-state index contributed by atoms with van der Waals surface area (Å²) in [6.07, 6.45) is 3.77. The maximum atomic E-state index is 11.1. The highest BCUT2D eigenvalue weighted by molar-refractivity contribution is 7.91. The topological polar surface area (TPSA) is 60.2 Å². The van der Waals surface area contributed by atoms with Gasteiger partial charge >= 0.3 is 0 Å². The number of sulfone groups is 1. The summed E-state index contributed by atoms with van der Waals surface area (Å²) in [5.41, 5.74) is 6.04. The molecular formula is C8H15NO2S. The van der Waals surface area contributed by atoms with Gasteiger partial charge in [0, 0.05) is 5.54 Å². The lowest BCUT2D eigenvalue weighted by atomic mass is 9.92. The highest BCUT2D eigenvalue weighted by atomic mass is 32.2. The third kappa shape index (κ3) is 1.50. The standard InChI is InChI=1S/C8H15NO2S/c9-8(3-4-8)7-1-5-12(10,11)6-2-7/h7H,1-6,9H2. The molecule has 0 amide bonds. The van der Waals surface area contributed by atoms with Crippen molar-refractivity contribution in [1.82, 2.24) is 0 Å². The van der Waals surface area contributed by atoms with Gasteiger partial charge in [-0.2, -0.15) is 0 Å². The molecule has 0 radical (unpaired) electrons. The molecule has 0 unspecified atom stereocenters. The molecule has 2 fully saturated rings. The van der Waals surface area contributed by atoms with Crippen LogP contribution < -0.4 is 5.73 Å². The van der Waals surface area contributed by atoms with Crippen LogP contribution in [0.2, 0.25) is 0 Å². The lowest BCUT2D eigenvalue weighted by Gasteiger charge is -2.27. The molecule has 1 aliphatic carbocycles. The van der Waals surface area contributed by atoms with Crippen molar-refractivity contribution >= 4 is 9.84 Å². The Labute approximate surface area is 73.2 Å². The summed E-state index contributed by atoms with van der Waals surface area (Å²) in [5.74, 6) is 1.19. The summed E-state index contributed by atoms with van der Waals surface area (Å²) in [7, 11) is -2.70. The lowest BCUT2D eigenvalue weighted by molar-refractivity contribution is 0.368. The molecule has 0 aromatic carbocycles. The first-order valence-corrected chi connectivity index (χ1v) is 6.33. The normalized spacial score (nSPS) is 33.1. The van der Waals surface area contributed by atoms with E-state index in [1.54, 1.807) is 0 Å². The first-order valence-electron chi connectivity index (χ1n) is 4.51. The van der Waals surface area contributed by atoms with E-state index < -0.39 is 9.84 Å². The van der Waals surface area contributed by atoms with Gasteiger partial charge in [0.1, 0.15) is 9.84 Å². The van der Waals surface area contributed by atoms with Crippen LogP contribution in [-0.2, 0) is 9.84 Å². The van der Waals surface area contributed by atoms with Gasteiger partial charge < -0.3 is 5.73 Å². The van der Waals surface area contributed by atoms with Crippen LogP contribution in [0.1, 0.15) is 25.7 Å². The third-order valence-electron chi connectivity index (χ3n) is 3.20. The fourth-order valence-corrected chi connectivity index (χ4v) is 3.51. The Bertz CT molecular complexity index is 265. The average Bonchev–Trinajstić information content (AvgIpc) is 2.68. The molecule has 2 rings (SSSR count). The zero-order valence-electron chi connectivity index (χ0n) is 7.12. The first-order chi connectivity index (χ1) is 5.52. The summed E-state index contributed by atoms with van der Waals surface area (Å²) >= 11 is 0. The van der Waals surface area contributed by atoms with Gasteiger partial charge in [-0.3, -0.25) is 0 Å². The highest BCUT2D eigenvalue weighted by Gasteiger charge is 2.46. The predicted molar refractivity (Wildman–Crippen MR) is 47.5 cm³/mol. The lowest BCUT2D eigenvalue weighted by Crippen LogP contribution is -2.38. The number of rotatable bonds is 1. The van der Waals surface area contributed by atoms with Crippen molar-refractivity contribution < 1.29 is 8.42 Å². The van der Waals surface area contributed by atoms with Gasteiger partial charge in [0.05, 0.1) is 11.5 Å². The van der Waals surface area contributed by atoms with E-state index in [2.05, 4.69) is 0 Å². The van der Waals surface area contributed by atoms with Crippen molar-refractivity contribution in [2.24, 2.45) is 11.7 Å². The molecule has 0 aromatic rings. The molecule has 1 heterocycles. The molecule has 0 atom stereocenters. The van der Waals surface area contributed by atoms with Gasteiger partial charge in [-0.15, -0.1) is 0 Å². The van der Waals surface area contributed by atoms with Gasteiger partial charge in [0.25, 0.3) is 0 Å². The minimum Gasteiger partial charge on any atom is -0.325 e. The second-order valence-electron chi connectivity index (χ2n) is 4.16. The zero-order chi connectivity index (χ0) is 8.82. The summed E-state index contributed by atoms with van der Waals surface area (Å²) in [6, 6.07) is 0. The Morgan fingerprint density at radius 2 is 1.67 bits per heavy atom. The summed E-state index contributed by atoms with van der Waals surface area (Å²) in [5, 5.41) is 0. The van der Waals surface area contributed by atoms with Crippen molar-refractivity contribution in [2.45, 2.75) is 31.2 Å². The summed E-state index contributed by atoms with van der Waals surface area (Å²) in [4.78, 5) is 0. The van der Waals surface area contributed by atoms with E-state index in [0.29, 0.717) is 17.4 Å². The van der Waals surface area contributed by atoms with Crippen LogP contribution in [0, 0.1) is 5.92 Å². The number of nitrogens with two attached hydrogens (primary N) is 1. The van der Waals surface area contributed by atoms with E-state index >= 15 is 0 Å². The number of hydrogen-bond donors (Lipinski definition) is 1. The zero-order valence-corrected chi connectivity index (χ0v) is 7.94. The van der Waals surface area contributed by atoms with Crippen LogP contribution in [0.4, 0.5) is 0 Å². The van der Waals surface area contributed by atoms with Crippen molar-refractivity contribution in [3.63, 3.8) is 0 Å². The molecule has 0 bridgehead atoms. The average molecular weight is 189 g/mol. The van der Waals surface area contributed by atoms with Gasteiger partial charge in [-0.1, -0.05) is 0 Å². The Hall–Kier alpha value is -0.0900. The summed E-state index contributed by atoms with van der Waals surface area (Å²) in [6.45, 7) is 0. The van der Waals surface area contributed by atoms with Gasteiger partial charge in [0.15, 0.2) is 0 Å². The second-order valence-corrected chi connectivity index (χ2v) is 6.46. The second kappa shape index (κ2) is 2.45. The van der Waals surface area contributed by atoms with Gasteiger partial charge in [0.2, 0.25) is 0 Å². The van der Waals surface area contributed by atoms with E-state index in [0.717, 1.165) is 25.7 Å². The minimum absolute atomic E-state index is 0.0238. The fraction of sp³-hybridized carbons (Fsp3) is 1.00. The maximum Gasteiger partial charge on any atom is 0.150 e. The third-order valence-corrected chi connectivity index (χ3v) is 4.91. The van der Waals surface area contributed by atoms with Crippen molar-refractivity contribution in [3.05, 3.63) is 0 Å². The Morgan fingerprint density at radius 1 is 1.17 bits per heavy atom. The molecule has 4 heteroatoms. The molecule has 12 heavy (non-hydrogen) atoms. The van der Waals surface area contributed by atoms with Crippen LogP contribution in [0.3, 0.4) is 0 Å². The first kappa shape index (κ1) is 8.51. The van der Waals surface area contributed by atoms with Crippen LogP contribution in [0.5, 0.6) is 0 Å². The van der Waals surface area contributed by atoms with Crippen LogP contribution in [0.25, 0.3) is 0 Å². The van der Waals surface area contributed by atoms with Gasteiger partial charge in [-0.05, 0) is 31.6 Å². The molecule has 2 aliphatic rings. The van der Waals surface area contributed by atoms with Crippen molar-refractivity contribution in [1.29, 1.82) is 0 Å². The van der Waals surface area contributed by atoms with E-state index in [1.165, 1.54) is 0 Å². The van der Waals surface area contributed by atoms with Crippen LogP contribution in [0.15, 0.2) is 0 Å². The number of hydrogen-bond acceptors (Lipinski definition) is 3. The molecular weight excluding hydrogens is 174 g/mol. The molecule has 70 valence electrons. The van der Waals surface area contributed by atoms with E-state index in [9.17, 15) is 8.42 Å². The van der Waals surface area contributed by atoms with Gasteiger partial charge in [-0.25, -0.2) is 8.42 Å². The largest absolute Gasteiger partial charge is 0.325 e. The Balaban J connectivity index is 1.99. The van der Waals surface area contributed by atoms with E-state index in [-0.39, 0.29) is 5.54 Å². The highest BCUT2D eigenvalue weighted by Crippen LogP contribution is 2.44. The van der Waals surface area contributed by atoms with Crippen molar-refractivity contribution in [3.8, 4) is 0 Å². The maximum absolute atomic E-state index is 11.1. The predicted octanol–water partition coefficient (Wildman–Crippen LogP) is 0.302. The smallest absolute Gasteiger partial charge is 0.150 e. The van der Waals surface area contributed by atoms with Crippen LogP contribution >= 0.6 is 0 Å². The van der Waals surface area contributed by atoms with E-state index in [4.69, 9.17) is 5.73 Å². The fourth-order valence-electron chi connectivity index (χ4n) is 2.02. The minimum atomic E-state index is -2.70. The Morgan fingerprint density at radius 3 is 2.08 bits per heavy atom. The van der Waals surface area contributed by atoms with Crippen LogP contribution in [-0.4, -0.2) is 25.5 Å². The molecule has 3 nitrogen and oxygen atoms in total. The van der Waals surface area contributed by atoms with Crippen molar-refractivity contribution in [2.75, 3.05) is 11.5 Å². The molecule has 1 saturated carbocycles. The monoisotopic (exact) mass is 189 g/mol. The Kier molecular flexibility index (Phi) is 1.74. The molecule has 0 aromatic heterocycles. The van der Waals surface area contributed by atoms with E-state index in [1.807, 2.05) is 0 Å².